The summed E-state index contributed by atoms with van der Waals surface area (Å²) < 4.78 is 0. The zero-order valence-electron chi connectivity index (χ0n) is 17.5. The number of fused-ring (bicyclic) bond motifs is 1. The summed E-state index contributed by atoms with van der Waals surface area (Å²) in [5.74, 6) is 1.14. The van der Waals surface area contributed by atoms with Gasteiger partial charge >= 0.3 is 0 Å². The Morgan fingerprint density at radius 3 is 2.90 bits per heavy atom. The lowest BCUT2D eigenvalue weighted by molar-refractivity contribution is 0.0674. The Morgan fingerprint density at radius 1 is 1.10 bits per heavy atom. The van der Waals surface area contributed by atoms with E-state index in [0.717, 1.165) is 42.0 Å². The lowest BCUT2D eigenvalue weighted by atomic mass is 9.79. The van der Waals surface area contributed by atoms with E-state index in [1.807, 2.05) is 18.2 Å². The first kappa shape index (κ1) is 19.1. The monoisotopic (exact) mass is 394 g/mol. The van der Waals surface area contributed by atoms with Crippen molar-refractivity contribution in [1.29, 1.82) is 0 Å². The van der Waals surface area contributed by atoms with E-state index >= 15 is 0 Å². The summed E-state index contributed by atoms with van der Waals surface area (Å²) >= 11 is 0. The van der Waals surface area contributed by atoms with Crippen LogP contribution in [-0.4, -0.2) is 58.4 Å². The van der Waals surface area contributed by atoms with Crippen molar-refractivity contribution in [2.75, 3.05) is 32.7 Å². The zero-order chi connectivity index (χ0) is 19.7. The van der Waals surface area contributed by atoms with Crippen LogP contribution in [0.2, 0.25) is 0 Å². The molecule has 29 heavy (non-hydrogen) atoms. The van der Waals surface area contributed by atoms with Gasteiger partial charge in [-0.3, -0.25) is 4.79 Å². The Bertz CT molecular complexity index is 855. The van der Waals surface area contributed by atoms with Gasteiger partial charge in [-0.2, -0.15) is 0 Å². The number of likely N-dealkylation sites (tertiary alicyclic amines) is 2. The molecule has 5 nitrogen and oxygen atoms in total. The average Bonchev–Trinajstić information content (AvgIpc) is 3.39. The molecule has 0 unspecified atom stereocenters. The van der Waals surface area contributed by atoms with Gasteiger partial charge < -0.3 is 14.8 Å². The highest BCUT2D eigenvalue weighted by Gasteiger charge is 2.42. The Kier molecular flexibility index (Phi) is 5.33. The van der Waals surface area contributed by atoms with Gasteiger partial charge in [0.05, 0.1) is 17.4 Å². The van der Waals surface area contributed by atoms with E-state index in [-0.39, 0.29) is 5.91 Å². The third-order valence-electron chi connectivity index (χ3n) is 7.71. The first-order valence-electron chi connectivity index (χ1n) is 11.7. The second-order valence-corrected chi connectivity index (χ2v) is 9.78. The molecule has 1 N–H and O–H groups in total. The number of carbonyl (C=O) groups is 1. The van der Waals surface area contributed by atoms with E-state index in [1.165, 1.54) is 71.0 Å². The third kappa shape index (κ3) is 4.07. The molecule has 2 aromatic rings. The number of imidazole rings is 1. The quantitative estimate of drug-likeness (QED) is 0.833. The standard InChI is InChI=1S/C24H34N4O/c29-23(20-7-8-21-22(15-20)26-18-25-21)28-14-11-24(17-28)10-4-12-27(16-24)13-9-19-5-2-1-3-6-19/h7-8,15,18-19H,1-6,9-14,16-17H2,(H,25,26)/t24-/m0/s1. The van der Waals surface area contributed by atoms with Gasteiger partial charge in [-0.15, -0.1) is 0 Å². The number of rotatable bonds is 4. The number of nitrogens with one attached hydrogen (secondary N) is 1. The van der Waals surface area contributed by atoms with Gasteiger partial charge in [-0.25, -0.2) is 4.98 Å². The topological polar surface area (TPSA) is 52.2 Å². The summed E-state index contributed by atoms with van der Waals surface area (Å²) in [6.07, 6.45) is 14.0. The van der Waals surface area contributed by atoms with Crippen LogP contribution in [0.1, 0.15) is 68.1 Å². The predicted molar refractivity (Wildman–Crippen MR) is 116 cm³/mol. The number of aromatic nitrogens is 2. The number of benzene rings is 1. The Labute approximate surface area is 173 Å². The average molecular weight is 395 g/mol. The molecule has 1 amide bonds. The first-order chi connectivity index (χ1) is 14.2. The maximum absolute atomic E-state index is 13.1. The predicted octanol–water partition coefficient (Wildman–Crippen LogP) is 4.46. The van der Waals surface area contributed by atoms with Gasteiger partial charge in [0.2, 0.25) is 0 Å². The highest BCUT2D eigenvalue weighted by atomic mass is 16.2. The fourth-order valence-electron chi connectivity index (χ4n) is 6.03. The van der Waals surface area contributed by atoms with Crippen molar-refractivity contribution in [2.24, 2.45) is 11.3 Å². The van der Waals surface area contributed by atoms with Crippen molar-refractivity contribution >= 4 is 16.9 Å². The molecule has 5 rings (SSSR count). The second-order valence-electron chi connectivity index (χ2n) is 9.78. The molecule has 1 saturated carbocycles. The van der Waals surface area contributed by atoms with Crippen LogP contribution in [0.4, 0.5) is 0 Å². The van der Waals surface area contributed by atoms with E-state index in [1.54, 1.807) is 6.33 Å². The molecule has 2 saturated heterocycles. The van der Waals surface area contributed by atoms with Crippen molar-refractivity contribution in [2.45, 2.75) is 57.8 Å². The SMILES string of the molecule is O=C(c1ccc2nc[nH]c2c1)N1CC[C@]2(CCCN(CCC3CCCCC3)C2)C1. The van der Waals surface area contributed by atoms with Crippen molar-refractivity contribution in [3.63, 3.8) is 0 Å². The Morgan fingerprint density at radius 2 is 2.00 bits per heavy atom. The molecule has 5 heteroatoms. The van der Waals surface area contributed by atoms with E-state index in [4.69, 9.17) is 0 Å². The van der Waals surface area contributed by atoms with Gasteiger partial charge in [-0.1, -0.05) is 32.1 Å². The number of hydrogen-bond acceptors (Lipinski definition) is 3. The second kappa shape index (κ2) is 8.10. The summed E-state index contributed by atoms with van der Waals surface area (Å²) in [6, 6.07) is 5.82. The smallest absolute Gasteiger partial charge is 0.253 e. The van der Waals surface area contributed by atoms with E-state index in [0.29, 0.717) is 5.41 Å². The highest BCUT2D eigenvalue weighted by Crippen LogP contribution is 2.40. The lowest BCUT2D eigenvalue weighted by Gasteiger charge is -2.41. The molecule has 2 aliphatic heterocycles. The number of hydrogen-bond donors (Lipinski definition) is 1. The molecular weight excluding hydrogens is 360 g/mol. The molecule has 1 spiro atoms. The van der Waals surface area contributed by atoms with Crippen LogP contribution in [0.5, 0.6) is 0 Å². The number of piperidine rings is 1. The van der Waals surface area contributed by atoms with Gasteiger partial charge in [0.1, 0.15) is 0 Å². The number of nitrogens with zero attached hydrogens (tertiary/aromatic N) is 3. The lowest BCUT2D eigenvalue weighted by Crippen LogP contribution is -2.45. The summed E-state index contributed by atoms with van der Waals surface area (Å²) in [6.45, 7) is 5.52. The van der Waals surface area contributed by atoms with Gasteiger partial charge in [0, 0.05) is 30.6 Å². The van der Waals surface area contributed by atoms with Gasteiger partial charge in [0.15, 0.2) is 0 Å². The number of aromatic amines is 1. The molecule has 0 radical (unpaired) electrons. The summed E-state index contributed by atoms with van der Waals surface area (Å²) in [5, 5.41) is 0. The van der Waals surface area contributed by atoms with Crippen molar-refractivity contribution in [3.05, 3.63) is 30.1 Å². The first-order valence-corrected chi connectivity index (χ1v) is 11.7. The molecule has 1 aliphatic carbocycles. The van der Waals surface area contributed by atoms with Crippen molar-refractivity contribution in [1.82, 2.24) is 19.8 Å². The molecule has 0 bridgehead atoms. The summed E-state index contributed by atoms with van der Waals surface area (Å²) in [7, 11) is 0. The zero-order valence-corrected chi connectivity index (χ0v) is 17.5. The maximum Gasteiger partial charge on any atom is 0.253 e. The Balaban J connectivity index is 1.20. The summed E-state index contributed by atoms with van der Waals surface area (Å²) in [5.41, 5.74) is 2.96. The molecule has 3 fully saturated rings. The van der Waals surface area contributed by atoms with E-state index in [9.17, 15) is 4.79 Å². The molecule has 1 aromatic heterocycles. The van der Waals surface area contributed by atoms with Crippen LogP contribution in [0, 0.1) is 11.3 Å². The maximum atomic E-state index is 13.1. The van der Waals surface area contributed by atoms with Gasteiger partial charge in [0.25, 0.3) is 5.91 Å². The molecule has 1 aromatic carbocycles. The number of amides is 1. The van der Waals surface area contributed by atoms with Crippen molar-refractivity contribution < 1.29 is 4.79 Å². The third-order valence-corrected chi connectivity index (χ3v) is 7.71. The van der Waals surface area contributed by atoms with E-state index in [2.05, 4.69) is 19.8 Å². The van der Waals surface area contributed by atoms with Crippen LogP contribution >= 0.6 is 0 Å². The molecule has 3 aliphatic rings. The minimum absolute atomic E-state index is 0.178. The number of carbonyl (C=O) groups excluding carboxylic acids is 1. The van der Waals surface area contributed by atoms with Crippen LogP contribution in [0.25, 0.3) is 11.0 Å². The normalized spacial score (nSPS) is 26.6. The van der Waals surface area contributed by atoms with Crippen LogP contribution in [0.3, 0.4) is 0 Å². The summed E-state index contributed by atoms with van der Waals surface area (Å²) in [4.78, 5) is 25.3. The fraction of sp³-hybridized carbons (Fsp3) is 0.667. The van der Waals surface area contributed by atoms with Crippen LogP contribution in [-0.2, 0) is 0 Å². The molecule has 156 valence electrons. The molecule has 1 atom stereocenters. The highest BCUT2D eigenvalue weighted by molar-refractivity contribution is 5.97. The van der Waals surface area contributed by atoms with E-state index < -0.39 is 0 Å². The van der Waals surface area contributed by atoms with Gasteiger partial charge in [-0.05, 0) is 62.9 Å². The fourth-order valence-corrected chi connectivity index (χ4v) is 6.03. The van der Waals surface area contributed by atoms with Crippen molar-refractivity contribution in [3.8, 4) is 0 Å². The molecule has 3 heterocycles. The largest absolute Gasteiger partial charge is 0.345 e. The Hall–Kier alpha value is -1.88. The molecular formula is C24H34N4O. The van der Waals surface area contributed by atoms with Crippen LogP contribution < -0.4 is 0 Å². The number of H-pyrrole nitrogens is 1. The van der Waals surface area contributed by atoms with Crippen LogP contribution in [0.15, 0.2) is 24.5 Å². The minimum atomic E-state index is 0.178. The minimum Gasteiger partial charge on any atom is -0.345 e.